The third kappa shape index (κ3) is 3.29. The number of rotatable bonds is 5. The number of H-pyrrole nitrogens is 1. The van der Waals surface area contributed by atoms with Crippen LogP contribution in [0.1, 0.15) is 11.3 Å². The van der Waals surface area contributed by atoms with Gasteiger partial charge in [-0.05, 0) is 11.6 Å². The molecule has 0 fully saturated rings. The normalized spacial score (nSPS) is 11.6. The molecule has 0 atom stereocenters. The smallest absolute Gasteiger partial charge is 0.304 e. The van der Waals surface area contributed by atoms with E-state index < -0.39 is 10.0 Å². The number of hydrogen-bond donors (Lipinski definition) is 3. The number of nitrogens with one attached hydrogen (secondary N) is 2. The SMILES string of the molecule is O=c1[nH]c(CNS(=O)(=O)c2ccccc2CO)cs1. The highest BCUT2D eigenvalue weighted by atomic mass is 32.2. The number of aromatic nitrogens is 1. The third-order valence-corrected chi connectivity index (χ3v) is 4.68. The van der Waals surface area contributed by atoms with Gasteiger partial charge in [0.05, 0.1) is 18.0 Å². The highest BCUT2D eigenvalue weighted by Gasteiger charge is 2.17. The van der Waals surface area contributed by atoms with E-state index in [-0.39, 0.29) is 22.9 Å². The van der Waals surface area contributed by atoms with Gasteiger partial charge in [0.1, 0.15) is 0 Å². The van der Waals surface area contributed by atoms with E-state index in [1.165, 1.54) is 6.07 Å². The van der Waals surface area contributed by atoms with Crippen molar-refractivity contribution < 1.29 is 13.5 Å². The summed E-state index contributed by atoms with van der Waals surface area (Å²) in [4.78, 5) is 13.3. The van der Waals surface area contributed by atoms with Gasteiger partial charge in [0, 0.05) is 11.1 Å². The Morgan fingerprint density at radius 2 is 2.05 bits per heavy atom. The zero-order valence-corrected chi connectivity index (χ0v) is 11.4. The largest absolute Gasteiger partial charge is 0.392 e. The fourth-order valence-electron chi connectivity index (χ4n) is 1.55. The summed E-state index contributed by atoms with van der Waals surface area (Å²) in [5, 5.41) is 10.7. The zero-order chi connectivity index (χ0) is 13.9. The fraction of sp³-hybridized carbons (Fsp3) is 0.182. The molecule has 8 heteroatoms. The molecule has 6 nitrogen and oxygen atoms in total. The van der Waals surface area contributed by atoms with Crippen molar-refractivity contribution in [3.05, 3.63) is 50.6 Å². The number of hydrogen-bond acceptors (Lipinski definition) is 5. The van der Waals surface area contributed by atoms with E-state index in [1.807, 2.05) is 0 Å². The molecule has 3 N–H and O–H groups in total. The number of benzene rings is 1. The van der Waals surface area contributed by atoms with E-state index in [1.54, 1.807) is 23.6 Å². The first-order valence-electron chi connectivity index (χ1n) is 5.38. The van der Waals surface area contributed by atoms with E-state index in [2.05, 4.69) is 9.71 Å². The minimum absolute atomic E-state index is 0.000830. The van der Waals surface area contributed by atoms with Gasteiger partial charge >= 0.3 is 4.87 Å². The van der Waals surface area contributed by atoms with Crippen molar-refractivity contribution in [2.45, 2.75) is 18.0 Å². The predicted octanol–water partition coefficient (Wildman–Crippen LogP) is 0.407. The maximum absolute atomic E-state index is 12.1. The van der Waals surface area contributed by atoms with Crippen molar-refractivity contribution in [2.75, 3.05) is 0 Å². The molecule has 0 unspecified atom stereocenters. The van der Waals surface area contributed by atoms with Crippen LogP contribution in [0.15, 0.2) is 39.3 Å². The van der Waals surface area contributed by atoms with Crippen LogP contribution in [0.5, 0.6) is 0 Å². The summed E-state index contributed by atoms with van der Waals surface area (Å²) in [6, 6.07) is 6.20. The first-order chi connectivity index (χ1) is 9.03. The molecule has 0 aliphatic carbocycles. The van der Waals surface area contributed by atoms with Gasteiger partial charge in [0.15, 0.2) is 0 Å². The van der Waals surface area contributed by atoms with Crippen LogP contribution in [0.4, 0.5) is 0 Å². The lowest BCUT2D eigenvalue weighted by Gasteiger charge is -2.09. The van der Waals surface area contributed by atoms with Crippen molar-refractivity contribution in [3.63, 3.8) is 0 Å². The Bertz CT molecular complexity index is 718. The number of aliphatic hydroxyl groups is 1. The Balaban J connectivity index is 2.20. The summed E-state index contributed by atoms with van der Waals surface area (Å²) < 4.78 is 26.5. The van der Waals surface area contributed by atoms with Crippen LogP contribution in [0.2, 0.25) is 0 Å². The summed E-state index contributed by atoms with van der Waals surface area (Å²) in [5.41, 5.74) is 0.828. The van der Waals surface area contributed by atoms with Crippen LogP contribution in [0, 0.1) is 0 Å². The Morgan fingerprint density at radius 1 is 1.32 bits per heavy atom. The van der Waals surface area contributed by atoms with E-state index >= 15 is 0 Å². The lowest BCUT2D eigenvalue weighted by molar-refractivity contribution is 0.278. The molecule has 102 valence electrons. The Hall–Kier alpha value is -1.48. The van der Waals surface area contributed by atoms with Gasteiger partial charge in [0.25, 0.3) is 0 Å². The van der Waals surface area contributed by atoms with Crippen LogP contribution >= 0.6 is 11.3 Å². The average Bonchev–Trinajstić information content (AvgIpc) is 2.82. The monoisotopic (exact) mass is 300 g/mol. The molecule has 0 saturated heterocycles. The lowest BCUT2D eigenvalue weighted by atomic mass is 10.2. The summed E-state index contributed by atoms with van der Waals surface area (Å²) >= 11 is 0.973. The second kappa shape index (κ2) is 5.66. The van der Waals surface area contributed by atoms with Gasteiger partial charge in [-0.3, -0.25) is 4.79 Å². The van der Waals surface area contributed by atoms with Crippen molar-refractivity contribution in [1.82, 2.24) is 9.71 Å². The molecule has 0 spiro atoms. The molecular weight excluding hydrogens is 288 g/mol. The second-order valence-electron chi connectivity index (χ2n) is 3.76. The molecule has 1 aromatic carbocycles. The van der Waals surface area contributed by atoms with Crippen LogP contribution in [0.3, 0.4) is 0 Å². The molecule has 0 saturated carbocycles. The van der Waals surface area contributed by atoms with Crippen LogP contribution in [-0.4, -0.2) is 18.5 Å². The summed E-state index contributed by atoms with van der Waals surface area (Å²) in [7, 11) is -3.72. The summed E-state index contributed by atoms with van der Waals surface area (Å²) in [5.74, 6) is 0. The predicted molar refractivity (Wildman–Crippen MR) is 71.3 cm³/mol. The summed E-state index contributed by atoms with van der Waals surface area (Å²) in [6.45, 7) is -0.354. The Kier molecular flexibility index (Phi) is 4.15. The number of aromatic amines is 1. The lowest BCUT2D eigenvalue weighted by Crippen LogP contribution is -2.24. The van der Waals surface area contributed by atoms with Crippen molar-refractivity contribution >= 4 is 21.4 Å². The number of sulfonamides is 1. The van der Waals surface area contributed by atoms with Gasteiger partial charge < -0.3 is 10.1 Å². The van der Waals surface area contributed by atoms with Crippen LogP contribution < -0.4 is 9.60 Å². The molecule has 0 amide bonds. The van der Waals surface area contributed by atoms with E-state index in [4.69, 9.17) is 5.11 Å². The number of aliphatic hydroxyl groups excluding tert-OH is 1. The molecule has 2 aromatic rings. The van der Waals surface area contributed by atoms with Crippen molar-refractivity contribution in [3.8, 4) is 0 Å². The fourth-order valence-corrected chi connectivity index (χ4v) is 3.37. The maximum Gasteiger partial charge on any atom is 0.304 e. The second-order valence-corrected chi connectivity index (χ2v) is 6.34. The molecule has 1 heterocycles. The molecule has 0 bridgehead atoms. The van der Waals surface area contributed by atoms with Gasteiger partial charge in [-0.1, -0.05) is 29.5 Å². The van der Waals surface area contributed by atoms with Crippen LogP contribution in [0.25, 0.3) is 0 Å². The first kappa shape index (κ1) is 13.9. The van der Waals surface area contributed by atoms with E-state index in [0.717, 1.165) is 11.3 Å². The van der Waals surface area contributed by atoms with Crippen LogP contribution in [-0.2, 0) is 23.2 Å². The minimum atomic E-state index is -3.72. The van der Waals surface area contributed by atoms with Gasteiger partial charge in [0.2, 0.25) is 10.0 Å². The van der Waals surface area contributed by atoms with Gasteiger partial charge in [-0.15, -0.1) is 0 Å². The van der Waals surface area contributed by atoms with E-state index in [0.29, 0.717) is 11.3 Å². The van der Waals surface area contributed by atoms with Crippen molar-refractivity contribution in [1.29, 1.82) is 0 Å². The highest BCUT2D eigenvalue weighted by molar-refractivity contribution is 7.89. The van der Waals surface area contributed by atoms with Crippen molar-refractivity contribution in [2.24, 2.45) is 0 Å². The number of thiazole rings is 1. The first-order valence-corrected chi connectivity index (χ1v) is 7.74. The standard InChI is InChI=1S/C11H12N2O4S2/c14-6-8-3-1-2-4-10(8)19(16,17)12-5-9-7-18-11(15)13-9/h1-4,7,12,14H,5-6H2,(H,13,15). The molecule has 0 aliphatic rings. The summed E-state index contributed by atoms with van der Waals surface area (Å²) in [6.07, 6.45) is 0. The Morgan fingerprint density at radius 3 is 2.68 bits per heavy atom. The third-order valence-electron chi connectivity index (χ3n) is 2.46. The molecule has 0 aliphatic heterocycles. The topological polar surface area (TPSA) is 99.3 Å². The molecular formula is C11H12N2O4S2. The quantitative estimate of drug-likeness (QED) is 0.744. The Labute approximate surface area is 113 Å². The molecule has 0 radical (unpaired) electrons. The van der Waals surface area contributed by atoms with E-state index in [9.17, 15) is 13.2 Å². The highest BCUT2D eigenvalue weighted by Crippen LogP contribution is 2.15. The minimum Gasteiger partial charge on any atom is -0.392 e. The average molecular weight is 300 g/mol. The maximum atomic E-state index is 12.1. The zero-order valence-electron chi connectivity index (χ0n) is 9.79. The van der Waals surface area contributed by atoms with Gasteiger partial charge in [-0.2, -0.15) is 0 Å². The molecule has 19 heavy (non-hydrogen) atoms. The molecule has 1 aromatic heterocycles. The molecule has 2 rings (SSSR count). The van der Waals surface area contributed by atoms with Gasteiger partial charge in [-0.25, -0.2) is 13.1 Å².